The molecule has 6 nitrogen and oxygen atoms in total. The minimum absolute atomic E-state index is 0.0797. The number of nitrogens with two attached hydrogens (primary N) is 1. The van der Waals surface area contributed by atoms with Gasteiger partial charge < -0.3 is 16.0 Å². The van der Waals surface area contributed by atoms with Crippen LogP contribution in [0.2, 0.25) is 0 Å². The summed E-state index contributed by atoms with van der Waals surface area (Å²) in [6.07, 6.45) is 4.17. The summed E-state index contributed by atoms with van der Waals surface area (Å²) in [5.74, 6) is -0.434. The summed E-state index contributed by atoms with van der Waals surface area (Å²) in [6, 6.07) is 2.23. The summed E-state index contributed by atoms with van der Waals surface area (Å²) < 4.78 is 0. The average molecular weight is 332 g/mol. The zero-order chi connectivity index (χ0) is 16.4. The fraction of sp³-hybridized carbons (Fsp3) is 0.562. The quantitative estimate of drug-likeness (QED) is 0.847. The van der Waals surface area contributed by atoms with Crippen LogP contribution in [-0.4, -0.2) is 36.3 Å². The number of fused-ring (bicyclic) bond motifs is 1. The van der Waals surface area contributed by atoms with E-state index in [4.69, 9.17) is 5.73 Å². The Kier molecular flexibility index (Phi) is 4.64. The number of aryl methyl sites for hydroxylation is 1. The molecule has 1 unspecified atom stereocenters. The second-order valence-electron chi connectivity index (χ2n) is 6.16. The molecule has 1 aliphatic carbocycles. The van der Waals surface area contributed by atoms with Crippen molar-refractivity contribution in [2.45, 2.75) is 32.1 Å². The molecule has 0 spiro atoms. The Morgan fingerprint density at radius 2 is 2.26 bits per heavy atom. The summed E-state index contributed by atoms with van der Waals surface area (Å²) in [5.41, 5.74) is 7.08. The number of hydrogen-bond donors (Lipinski definition) is 2. The van der Waals surface area contributed by atoms with E-state index in [1.54, 1.807) is 0 Å². The van der Waals surface area contributed by atoms with Gasteiger partial charge in [0.1, 0.15) is 11.1 Å². The number of carbonyl (C=O) groups is 2. The van der Waals surface area contributed by atoms with Crippen LogP contribution in [0.4, 0.5) is 5.00 Å². The Hall–Kier alpha value is -1.91. The lowest BCUT2D eigenvalue weighted by atomic mass is 10.1. The molecule has 7 heteroatoms. The summed E-state index contributed by atoms with van der Waals surface area (Å²) in [5, 5.41) is 12.9. The highest BCUT2D eigenvalue weighted by molar-refractivity contribution is 7.16. The van der Waals surface area contributed by atoms with Crippen LogP contribution in [0.25, 0.3) is 0 Å². The summed E-state index contributed by atoms with van der Waals surface area (Å²) in [4.78, 5) is 26.6. The summed E-state index contributed by atoms with van der Waals surface area (Å²) >= 11 is 1.53. The number of hydrogen-bond acceptors (Lipinski definition) is 5. The number of anilines is 1. The molecule has 2 aliphatic rings. The predicted molar refractivity (Wildman–Crippen MR) is 88.0 cm³/mol. The summed E-state index contributed by atoms with van der Waals surface area (Å²) in [7, 11) is 0. The van der Waals surface area contributed by atoms with Crippen molar-refractivity contribution in [1.29, 1.82) is 5.26 Å². The Labute approximate surface area is 139 Å². The molecule has 1 aliphatic heterocycles. The van der Waals surface area contributed by atoms with E-state index in [9.17, 15) is 14.9 Å². The molecule has 0 radical (unpaired) electrons. The SMILES string of the molecule is N#Cc1c(NC(=O)CCN2CCC(C(N)=O)C2)sc2c1CCC2. The molecule has 3 N–H and O–H groups in total. The lowest BCUT2D eigenvalue weighted by Crippen LogP contribution is -2.29. The van der Waals surface area contributed by atoms with Crippen LogP contribution in [-0.2, 0) is 22.4 Å². The first kappa shape index (κ1) is 16.0. The molecular formula is C16H20N4O2S. The van der Waals surface area contributed by atoms with Crippen molar-refractivity contribution >= 4 is 28.2 Å². The van der Waals surface area contributed by atoms with Crippen LogP contribution in [0.5, 0.6) is 0 Å². The van der Waals surface area contributed by atoms with Crippen molar-refractivity contribution in [3.8, 4) is 6.07 Å². The van der Waals surface area contributed by atoms with Crippen LogP contribution in [0.15, 0.2) is 0 Å². The van der Waals surface area contributed by atoms with Crippen molar-refractivity contribution in [2.24, 2.45) is 11.7 Å². The highest BCUT2D eigenvalue weighted by atomic mass is 32.1. The molecule has 3 rings (SSSR count). The lowest BCUT2D eigenvalue weighted by molar-refractivity contribution is -0.121. The number of amides is 2. The normalized spacial score (nSPS) is 20.2. The van der Waals surface area contributed by atoms with Crippen molar-refractivity contribution in [2.75, 3.05) is 25.0 Å². The van der Waals surface area contributed by atoms with Gasteiger partial charge in [-0.25, -0.2) is 0 Å². The van der Waals surface area contributed by atoms with Crippen molar-refractivity contribution < 1.29 is 9.59 Å². The molecule has 23 heavy (non-hydrogen) atoms. The molecule has 0 aromatic carbocycles. The van der Waals surface area contributed by atoms with E-state index < -0.39 is 0 Å². The second kappa shape index (κ2) is 6.69. The molecule has 1 aromatic heterocycles. The molecule has 0 saturated carbocycles. The fourth-order valence-corrected chi connectivity index (χ4v) is 4.58. The Morgan fingerprint density at radius 3 is 2.96 bits per heavy atom. The van der Waals surface area contributed by atoms with Crippen molar-refractivity contribution in [1.82, 2.24) is 4.90 Å². The molecule has 122 valence electrons. The number of rotatable bonds is 5. The van der Waals surface area contributed by atoms with E-state index in [0.717, 1.165) is 37.8 Å². The van der Waals surface area contributed by atoms with Gasteiger partial charge in [-0.1, -0.05) is 0 Å². The standard InChI is InChI=1S/C16H20N4O2S/c17-8-12-11-2-1-3-13(11)23-16(12)19-14(21)5-7-20-6-4-10(9-20)15(18)22/h10H,1-7,9H2,(H2,18,22)(H,19,21). The van der Waals surface area contributed by atoms with Crippen LogP contribution in [0, 0.1) is 17.2 Å². The molecule has 1 fully saturated rings. The van der Waals surface area contributed by atoms with Crippen molar-refractivity contribution in [3.63, 3.8) is 0 Å². The van der Waals surface area contributed by atoms with Gasteiger partial charge in [0, 0.05) is 24.4 Å². The van der Waals surface area contributed by atoms with E-state index in [1.807, 2.05) is 0 Å². The highest BCUT2D eigenvalue weighted by Crippen LogP contribution is 2.38. The number of nitriles is 1. The Bertz CT molecular complexity index is 676. The number of thiophene rings is 1. The van der Waals surface area contributed by atoms with E-state index in [1.165, 1.54) is 16.2 Å². The first-order chi connectivity index (χ1) is 11.1. The van der Waals surface area contributed by atoms with E-state index >= 15 is 0 Å². The van der Waals surface area contributed by atoms with Gasteiger partial charge in [-0.3, -0.25) is 9.59 Å². The minimum atomic E-state index is -0.260. The fourth-order valence-electron chi connectivity index (χ4n) is 3.33. The molecule has 0 bridgehead atoms. The maximum Gasteiger partial charge on any atom is 0.226 e. The van der Waals surface area contributed by atoms with E-state index in [-0.39, 0.29) is 17.7 Å². The Morgan fingerprint density at radius 1 is 1.43 bits per heavy atom. The van der Waals surface area contributed by atoms with Gasteiger partial charge in [0.25, 0.3) is 0 Å². The zero-order valence-corrected chi connectivity index (χ0v) is 13.7. The molecule has 1 saturated heterocycles. The van der Waals surface area contributed by atoms with E-state index in [2.05, 4.69) is 16.3 Å². The topological polar surface area (TPSA) is 99.2 Å². The van der Waals surface area contributed by atoms with Crippen LogP contribution in [0.3, 0.4) is 0 Å². The van der Waals surface area contributed by atoms with Crippen LogP contribution >= 0.6 is 11.3 Å². The molecule has 1 atom stereocenters. The molecular weight excluding hydrogens is 312 g/mol. The molecule has 2 amide bonds. The van der Waals surface area contributed by atoms with E-state index in [0.29, 0.717) is 30.1 Å². The van der Waals surface area contributed by atoms with Gasteiger partial charge in [0.05, 0.1) is 11.5 Å². The largest absolute Gasteiger partial charge is 0.369 e. The lowest BCUT2D eigenvalue weighted by Gasteiger charge is -2.14. The van der Waals surface area contributed by atoms with Crippen LogP contribution in [0.1, 0.15) is 35.3 Å². The average Bonchev–Trinajstić information content (AvgIpc) is 3.20. The predicted octanol–water partition coefficient (Wildman–Crippen LogP) is 1.24. The zero-order valence-electron chi connectivity index (χ0n) is 12.9. The van der Waals surface area contributed by atoms with Gasteiger partial charge in [-0.15, -0.1) is 11.3 Å². The number of nitrogens with one attached hydrogen (secondary N) is 1. The third-order valence-corrected chi connectivity index (χ3v) is 5.82. The smallest absolute Gasteiger partial charge is 0.226 e. The number of primary amides is 1. The highest BCUT2D eigenvalue weighted by Gasteiger charge is 2.27. The Balaban J connectivity index is 1.53. The summed E-state index contributed by atoms with van der Waals surface area (Å²) in [6.45, 7) is 2.06. The monoisotopic (exact) mass is 332 g/mol. The van der Waals surface area contributed by atoms with Gasteiger partial charge in [-0.2, -0.15) is 5.26 Å². The van der Waals surface area contributed by atoms with Gasteiger partial charge in [-0.05, 0) is 37.8 Å². The second-order valence-corrected chi connectivity index (χ2v) is 7.27. The number of likely N-dealkylation sites (tertiary alicyclic amines) is 1. The maximum atomic E-state index is 12.1. The number of carbonyl (C=O) groups excluding carboxylic acids is 2. The first-order valence-electron chi connectivity index (χ1n) is 7.94. The molecule has 2 heterocycles. The maximum absolute atomic E-state index is 12.1. The first-order valence-corrected chi connectivity index (χ1v) is 8.76. The van der Waals surface area contributed by atoms with Gasteiger partial charge in [0.2, 0.25) is 11.8 Å². The third kappa shape index (κ3) is 3.38. The molecule has 1 aromatic rings. The number of nitrogens with zero attached hydrogens (tertiary/aromatic N) is 2. The van der Waals surface area contributed by atoms with Gasteiger partial charge in [0.15, 0.2) is 0 Å². The van der Waals surface area contributed by atoms with Crippen LogP contribution < -0.4 is 11.1 Å². The minimum Gasteiger partial charge on any atom is -0.369 e. The third-order valence-electron chi connectivity index (χ3n) is 4.62. The van der Waals surface area contributed by atoms with Crippen molar-refractivity contribution in [3.05, 3.63) is 16.0 Å². The van der Waals surface area contributed by atoms with Gasteiger partial charge >= 0.3 is 0 Å².